The molecule has 162 valence electrons. The van der Waals surface area contributed by atoms with Gasteiger partial charge in [-0.2, -0.15) is 0 Å². The van der Waals surface area contributed by atoms with Crippen LogP contribution in [0.2, 0.25) is 0 Å². The van der Waals surface area contributed by atoms with Gasteiger partial charge in [-0.1, -0.05) is 78.4 Å². The Morgan fingerprint density at radius 3 is 2.06 bits per heavy atom. The predicted molar refractivity (Wildman–Crippen MR) is 140 cm³/mol. The number of carbonyl (C=O) groups excluding carboxylic acids is 1. The molecular formula is C31H22N2O. The monoisotopic (exact) mass is 438 g/mol. The first-order chi connectivity index (χ1) is 16.7. The van der Waals surface area contributed by atoms with Crippen LogP contribution in [0.15, 0.2) is 103 Å². The van der Waals surface area contributed by atoms with Crippen molar-refractivity contribution in [3.63, 3.8) is 0 Å². The quantitative estimate of drug-likeness (QED) is 0.311. The molecule has 0 radical (unpaired) electrons. The lowest BCUT2D eigenvalue weighted by Gasteiger charge is -2.19. The van der Waals surface area contributed by atoms with E-state index in [-0.39, 0.29) is 5.78 Å². The van der Waals surface area contributed by atoms with Gasteiger partial charge in [-0.05, 0) is 43.3 Å². The molecular weight excluding hydrogens is 416 g/mol. The second-order valence-corrected chi connectivity index (χ2v) is 8.58. The molecule has 0 aliphatic heterocycles. The van der Waals surface area contributed by atoms with Crippen LogP contribution in [-0.4, -0.2) is 10.8 Å². The number of hydrogen-bond donors (Lipinski definition) is 1. The molecule has 1 aliphatic carbocycles. The van der Waals surface area contributed by atoms with Gasteiger partial charge in [-0.15, -0.1) is 0 Å². The van der Waals surface area contributed by atoms with E-state index in [4.69, 9.17) is 4.98 Å². The van der Waals surface area contributed by atoms with E-state index in [1.165, 1.54) is 5.56 Å². The summed E-state index contributed by atoms with van der Waals surface area (Å²) in [5, 5.41) is 5.42. The molecule has 0 amide bonds. The number of aromatic nitrogens is 1. The highest BCUT2D eigenvalue weighted by Gasteiger charge is 2.22. The fourth-order valence-corrected chi connectivity index (χ4v) is 4.56. The highest BCUT2D eigenvalue weighted by atomic mass is 16.1. The number of allylic oxidation sites excluding steroid dienone is 1. The summed E-state index contributed by atoms with van der Waals surface area (Å²) < 4.78 is 0. The third-order valence-electron chi connectivity index (χ3n) is 6.28. The van der Waals surface area contributed by atoms with Crippen LogP contribution < -0.4 is 5.32 Å². The minimum atomic E-state index is 0.0342. The molecule has 5 aromatic rings. The molecule has 3 heteroatoms. The van der Waals surface area contributed by atoms with Gasteiger partial charge in [0.05, 0.1) is 11.4 Å². The zero-order chi connectivity index (χ0) is 23.1. The van der Waals surface area contributed by atoms with Gasteiger partial charge in [0.15, 0.2) is 5.78 Å². The fourth-order valence-electron chi connectivity index (χ4n) is 4.56. The Hall–Kier alpha value is -4.50. The standard InChI is InChI=1S/C31H22N2O/c1-20-10-14-23(15-11-20)32-24-16-12-22(13-17-24)31-27-18-19-28(34)25-8-5-9-26(29(25)27)30(33-31)21-6-3-2-4-7-21/h2-19,32H,1H3. The molecule has 1 aliphatic rings. The summed E-state index contributed by atoms with van der Waals surface area (Å²) in [6.07, 6.45) is 3.56. The molecule has 1 heterocycles. The molecule has 3 nitrogen and oxygen atoms in total. The molecule has 34 heavy (non-hydrogen) atoms. The number of anilines is 2. The van der Waals surface area contributed by atoms with Crippen LogP contribution in [0, 0.1) is 6.92 Å². The normalized spacial score (nSPS) is 12.2. The minimum absolute atomic E-state index is 0.0342. The number of nitrogens with zero attached hydrogens (tertiary/aromatic N) is 1. The maximum absolute atomic E-state index is 12.7. The van der Waals surface area contributed by atoms with Crippen LogP contribution in [0.5, 0.6) is 0 Å². The van der Waals surface area contributed by atoms with Gasteiger partial charge in [0.25, 0.3) is 0 Å². The van der Waals surface area contributed by atoms with Crippen molar-refractivity contribution in [2.75, 3.05) is 5.32 Å². The van der Waals surface area contributed by atoms with Gasteiger partial charge in [-0.25, -0.2) is 4.98 Å². The lowest BCUT2D eigenvalue weighted by molar-refractivity contribution is 0.104. The number of aryl methyl sites for hydroxylation is 1. The van der Waals surface area contributed by atoms with Crippen molar-refractivity contribution in [2.24, 2.45) is 0 Å². The number of benzene rings is 4. The lowest BCUT2D eigenvalue weighted by Crippen LogP contribution is -2.05. The molecule has 0 spiro atoms. The predicted octanol–water partition coefficient (Wildman–Crippen LogP) is 7.83. The van der Waals surface area contributed by atoms with Crippen LogP contribution in [0.4, 0.5) is 11.4 Å². The average Bonchev–Trinajstić information content (AvgIpc) is 2.88. The van der Waals surface area contributed by atoms with Crippen molar-refractivity contribution in [2.45, 2.75) is 6.92 Å². The first-order valence-electron chi connectivity index (χ1n) is 11.4. The Balaban J connectivity index is 1.50. The first kappa shape index (κ1) is 20.1. The van der Waals surface area contributed by atoms with E-state index in [0.29, 0.717) is 0 Å². The molecule has 0 atom stereocenters. The van der Waals surface area contributed by atoms with Crippen LogP contribution in [-0.2, 0) is 0 Å². The van der Waals surface area contributed by atoms with Gasteiger partial charge in [0, 0.05) is 44.4 Å². The second kappa shape index (κ2) is 8.13. The van der Waals surface area contributed by atoms with Gasteiger partial charge >= 0.3 is 0 Å². The van der Waals surface area contributed by atoms with Crippen LogP contribution >= 0.6 is 0 Å². The van der Waals surface area contributed by atoms with Gasteiger partial charge in [0.2, 0.25) is 0 Å². The maximum atomic E-state index is 12.7. The van der Waals surface area contributed by atoms with Gasteiger partial charge in [-0.3, -0.25) is 4.79 Å². The van der Waals surface area contributed by atoms with E-state index in [2.05, 4.69) is 79.0 Å². The molecule has 0 saturated heterocycles. The van der Waals surface area contributed by atoms with Crippen molar-refractivity contribution >= 4 is 34.0 Å². The van der Waals surface area contributed by atoms with E-state index in [1.807, 2.05) is 36.4 Å². The number of rotatable bonds is 4. The Bertz CT molecular complexity index is 1570. The smallest absolute Gasteiger partial charge is 0.186 e. The van der Waals surface area contributed by atoms with E-state index in [9.17, 15) is 4.79 Å². The Kier molecular flexibility index (Phi) is 4.81. The SMILES string of the molecule is Cc1ccc(Nc2ccc(-c3nc(-c4ccccc4)c4cccc5c4c3C=CC5=O)cc2)cc1. The summed E-state index contributed by atoms with van der Waals surface area (Å²) >= 11 is 0. The largest absolute Gasteiger partial charge is 0.356 e. The number of pyridine rings is 1. The van der Waals surface area contributed by atoms with Gasteiger partial charge in [0.1, 0.15) is 0 Å². The number of ketones is 1. The fraction of sp³-hybridized carbons (Fsp3) is 0.0323. The lowest BCUT2D eigenvalue weighted by atomic mass is 9.88. The van der Waals surface area contributed by atoms with Crippen molar-refractivity contribution in [3.05, 3.63) is 120 Å². The zero-order valence-corrected chi connectivity index (χ0v) is 18.7. The highest BCUT2D eigenvalue weighted by Crippen LogP contribution is 2.39. The average molecular weight is 439 g/mol. The summed E-state index contributed by atoms with van der Waals surface area (Å²) in [5.74, 6) is 0.0342. The van der Waals surface area contributed by atoms with E-state index in [0.717, 1.165) is 55.8 Å². The molecule has 6 rings (SSSR count). The highest BCUT2D eigenvalue weighted by molar-refractivity contribution is 6.22. The summed E-state index contributed by atoms with van der Waals surface area (Å²) in [6, 6.07) is 32.7. The van der Waals surface area contributed by atoms with Crippen molar-refractivity contribution in [1.82, 2.24) is 4.98 Å². The van der Waals surface area contributed by atoms with E-state index < -0.39 is 0 Å². The summed E-state index contributed by atoms with van der Waals surface area (Å²) in [7, 11) is 0. The van der Waals surface area contributed by atoms with Gasteiger partial charge < -0.3 is 5.32 Å². The molecule has 0 fully saturated rings. The molecule has 1 aromatic heterocycles. The van der Waals surface area contributed by atoms with Crippen molar-refractivity contribution in [1.29, 1.82) is 0 Å². The van der Waals surface area contributed by atoms with Crippen molar-refractivity contribution in [3.8, 4) is 22.5 Å². The second-order valence-electron chi connectivity index (χ2n) is 8.58. The molecule has 0 unspecified atom stereocenters. The Morgan fingerprint density at radius 2 is 1.32 bits per heavy atom. The summed E-state index contributed by atoms with van der Waals surface area (Å²) in [6.45, 7) is 2.08. The molecule has 1 N–H and O–H groups in total. The van der Waals surface area contributed by atoms with Crippen molar-refractivity contribution < 1.29 is 4.79 Å². The third-order valence-corrected chi connectivity index (χ3v) is 6.28. The number of carbonyl (C=O) groups is 1. The number of hydrogen-bond acceptors (Lipinski definition) is 3. The van der Waals surface area contributed by atoms with E-state index >= 15 is 0 Å². The van der Waals surface area contributed by atoms with Crippen LogP contribution in [0.1, 0.15) is 21.5 Å². The molecule has 4 aromatic carbocycles. The molecule has 0 bridgehead atoms. The number of nitrogens with one attached hydrogen (secondary N) is 1. The third kappa shape index (κ3) is 3.48. The summed E-state index contributed by atoms with van der Waals surface area (Å²) in [5.41, 5.74) is 8.83. The maximum Gasteiger partial charge on any atom is 0.186 e. The zero-order valence-electron chi connectivity index (χ0n) is 18.7. The van der Waals surface area contributed by atoms with Crippen LogP contribution in [0.25, 0.3) is 39.4 Å². The topological polar surface area (TPSA) is 42.0 Å². The summed E-state index contributed by atoms with van der Waals surface area (Å²) in [4.78, 5) is 17.8. The first-order valence-corrected chi connectivity index (χ1v) is 11.4. The molecule has 0 saturated carbocycles. The minimum Gasteiger partial charge on any atom is -0.356 e. The Morgan fingerprint density at radius 1 is 0.647 bits per heavy atom. The van der Waals surface area contributed by atoms with E-state index in [1.54, 1.807) is 6.08 Å². The van der Waals surface area contributed by atoms with Crippen LogP contribution in [0.3, 0.4) is 0 Å². The Labute approximate surface area is 198 Å².